The molecule has 2 aromatic carbocycles. The van der Waals surface area contributed by atoms with E-state index in [4.69, 9.17) is 16.3 Å². The van der Waals surface area contributed by atoms with E-state index in [1.807, 2.05) is 31.2 Å². The number of nitrogens with zero attached hydrogens (tertiary/aromatic N) is 3. The van der Waals surface area contributed by atoms with Crippen LogP contribution in [0.2, 0.25) is 5.02 Å². The second kappa shape index (κ2) is 9.49. The van der Waals surface area contributed by atoms with Crippen molar-refractivity contribution in [2.75, 3.05) is 32.8 Å². The number of carbonyl (C=O) groups is 2. The van der Waals surface area contributed by atoms with Crippen molar-refractivity contribution in [3.8, 4) is 16.3 Å². The van der Waals surface area contributed by atoms with E-state index in [0.29, 0.717) is 42.6 Å². The second-order valence-electron chi connectivity index (χ2n) is 7.32. The average Bonchev–Trinajstić information content (AvgIpc) is 3.29. The zero-order valence-electron chi connectivity index (χ0n) is 17.1. The summed E-state index contributed by atoms with van der Waals surface area (Å²) in [6.45, 7) is 3.90. The van der Waals surface area contributed by atoms with Gasteiger partial charge in [-0.25, -0.2) is 4.98 Å². The summed E-state index contributed by atoms with van der Waals surface area (Å²) in [4.78, 5) is 33.3. The predicted octanol–water partition coefficient (Wildman–Crippen LogP) is 4.14. The number of thiazole rings is 1. The molecule has 8 heteroatoms. The molecule has 3 aromatic rings. The molecule has 31 heavy (non-hydrogen) atoms. The third-order valence-corrected chi connectivity index (χ3v) is 6.26. The van der Waals surface area contributed by atoms with Crippen molar-refractivity contribution in [1.29, 1.82) is 0 Å². The van der Waals surface area contributed by atoms with Crippen LogP contribution in [0.5, 0.6) is 5.75 Å². The molecular formula is C23H22ClN3O3S. The molecule has 0 atom stereocenters. The Balaban J connectivity index is 1.29. The van der Waals surface area contributed by atoms with Crippen LogP contribution in [0.1, 0.15) is 16.1 Å². The maximum atomic E-state index is 12.8. The van der Waals surface area contributed by atoms with Gasteiger partial charge in [0.2, 0.25) is 0 Å². The maximum Gasteiger partial charge on any atom is 0.273 e. The predicted molar refractivity (Wildman–Crippen MR) is 122 cm³/mol. The van der Waals surface area contributed by atoms with Gasteiger partial charge in [-0.2, -0.15) is 0 Å². The summed E-state index contributed by atoms with van der Waals surface area (Å²) in [6, 6.07) is 15.0. The van der Waals surface area contributed by atoms with E-state index in [-0.39, 0.29) is 18.4 Å². The first-order chi connectivity index (χ1) is 15.0. The highest BCUT2D eigenvalue weighted by molar-refractivity contribution is 7.13. The van der Waals surface area contributed by atoms with E-state index >= 15 is 0 Å². The van der Waals surface area contributed by atoms with Crippen molar-refractivity contribution in [2.45, 2.75) is 6.92 Å². The molecule has 0 bridgehead atoms. The Kier molecular flexibility index (Phi) is 6.53. The van der Waals surface area contributed by atoms with Crippen molar-refractivity contribution in [1.82, 2.24) is 14.8 Å². The molecule has 4 rings (SSSR count). The van der Waals surface area contributed by atoms with Crippen molar-refractivity contribution in [3.63, 3.8) is 0 Å². The van der Waals surface area contributed by atoms with Gasteiger partial charge in [-0.05, 0) is 31.2 Å². The van der Waals surface area contributed by atoms with E-state index in [0.717, 1.165) is 10.6 Å². The number of hydrogen-bond acceptors (Lipinski definition) is 5. The highest BCUT2D eigenvalue weighted by Crippen LogP contribution is 2.25. The molecule has 2 amide bonds. The van der Waals surface area contributed by atoms with E-state index in [2.05, 4.69) is 4.98 Å². The van der Waals surface area contributed by atoms with Crippen molar-refractivity contribution < 1.29 is 14.3 Å². The van der Waals surface area contributed by atoms with Gasteiger partial charge in [-0.3, -0.25) is 9.59 Å². The molecule has 2 heterocycles. The molecule has 1 saturated heterocycles. The summed E-state index contributed by atoms with van der Waals surface area (Å²) < 4.78 is 5.53. The van der Waals surface area contributed by atoms with Crippen LogP contribution in [-0.4, -0.2) is 59.4 Å². The summed E-state index contributed by atoms with van der Waals surface area (Å²) in [5.74, 6) is 0.399. The van der Waals surface area contributed by atoms with E-state index < -0.39 is 0 Å². The Morgan fingerprint density at radius 3 is 2.32 bits per heavy atom. The molecule has 1 fully saturated rings. The first-order valence-corrected chi connectivity index (χ1v) is 11.2. The Hall–Kier alpha value is -2.90. The molecule has 1 aliphatic rings. The standard InChI is InChI=1S/C23H22ClN3O3S/c1-16-2-4-17(5-3-16)22-25-20(15-31-22)23(29)27-12-10-26(11-13-27)21(28)14-30-19-8-6-18(24)7-9-19/h2-9,15H,10-14H2,1H3. The lowest BCUT2D eigenvalue weighted by atomic mass is 10.2. The van der Waals surface area contributed by atoms with E-state index in [1.165, 1.54) is 16.9 Å². The van der Waals surface area contributed by atoms with Gasteiger partial charge in [0, 0.05) is 42.1 Å². The van der Waals surface area contributed by atoms with Crippen molar-refractivity contribution >= 4 is 34.8 Å². The van der Waals surface area contributed by atoms with Crippen molar-refractivity contribution in [3.05, 3.63) is 70.2 Å². The third kappa shape index (κ3) is 5.24. The minimum atomic E-state index is -0.0997. The molecule has 160 valence electrons. The highest BCUT2D eigenvalue weighted by atomic mass is 35.5. The Labute approximate surface area is 190 Å². The lowest BCUT2D eigenvalue weighted by Gasteiger charge is -2.34. The monoisotopic (exact) mass is 455 g/mol. The van der Waals surface area contributed by atoms with Gasteiger partial charge in [0.25, 0.3) is 11.8 Å². The number of piperazine rings is 1. The summed E-state index contributed by atoms with van der Waals surface area (Å²) >= 11 is 7.31. The summed E-state index contributed by atoms with van der Waals surface area (Å²) in [7, 11) is 0. The Morgan fingerprint density at radius 2 is 1.65 bits per heavy atom. The number of halogens is 1. The van der Waals surface area contributed by atoms with Crippen LogP contribution < -0.4 is 4.74 Å². The number of ether oxygens (including phenoxy) is 1. The number of aromatic nitrogens is 1. The average molecular weight is 456 g/mol. The zero-order chi connectivity index (χ0) is 21.8. The normalized spacial score (nSPS) is 13.9. The Morgan fingerprint density at radius 1 is 1.00 bits per heavy atom. The molecule has 0 aliphatic carbocycles. The second-order valence-corrected chi connectivity index (χ2v) is 8.61. The minimum absolute atomic E-state index is 0.0401. The molecule has 0 saturated carbocycles. The number of aryl methyl sites for hydroxylation is 1. The molecule has 0 N–H and O–H groups in total. The fourth-order valence-electron chi connectivity index (χ4n) is 3.29. The molecule has 0 unspecified atom stereocenters. The lowest BCUT2D eigenvalue weighted by Crippen LogP contribution is -2.51. The van der Waals surface area contributed by atoms with E-state index in [1.54, 1.807) is 39.4 Å². The zero-order valence-corrected chi connectivity index (χ0v) is 18.7. The number of amides is 2. The van der Waals surface area contributed by atoms with Crippen LogP contribution in [0.15, 0.2) is 53.9 Å². The SMILES string of the molecule is Cc1ccc(-c2nc(C(=O)N3CCN(C(=O)COc4ccc(Cl)cc4)CC3)cs2)cc1. The van der Waals surface area contributed by atoms with Crippen molar-refractivity contribution in [2.24, 2.45) is 0 Å². The maximum absolute atomic E-state index is 12.8. The molecule has 1 aliphatic heterocycles. The fourth-order valence-corrected chi connectivity index (χ4v) is 4.21. The molecule has 0 radical (unpaired) electrons. The number of rotatable bonds is 5. The van der Waals surface area contributed by atoms with Gasteiger partial charge in [0.05, 0.1) is 0 Å². The minimum Gasteiger partial charge on any atom is -0.484 e. The topological polar surface area (TPSA) is 62.7 Å². The van der Waals surface area contributed by atoms with Crippen LogP contribution in [0, 0.1) is 6.92 Å². The molecule has 0 spiro atoms. The Bertz CT molecular complexity index is 1060. The van der Waals surface area contributed by atoms with Crippen LogP contribution in [0.25, 0.3) is 10.6 Å². The van der Waals surface area contributed by atoms with E-state index in [9.17, 15) is 9.59 Å². The highest BCUT2D eigenvalue weighted by Gasteiger charge is 2.26. The first-order valence-electron chi connectivity index (χ1n) is 9.97. The molecular weight excluding hydrogens is 434 g/mol. The van der Waals surface area contributed by atoms with Crippen LogP contribution >= 0.6 is 22.9 Å². The molecule has 1 aromatic heterocycles. The van der Waals surface area contributed by atoms with Crippen LogP contribution in [0.4, 0.5) is 0 Å². The number of benzene rings is 2. The fraction of sp³-hybridized carbons (Fsp3) is 0.261. The lowest BCUT2D eigenvalue weighted by molar-refractivity contribution is -0.134. The quantitative estimate of drug-likeness (QED) is 0.580. The third-order valence-electron chi connectivity index (χ3n) is 5.12. The van der Waals surface area contributed by atoms with Gasteiger partial charge in [0.15, 0.2) is 6.61 Å². The van der Waals surface area contributed by atoms with Gasteiger partial charge in [-0.15, -0.1) is 11.3 Å². The van der Waals surface area contributed by atoms with Gasteiger partial charge >= 0.3 is 0 Å². The smallest absolute Gasteiger partial charge is 0.273 e. The summed E-state index contributed by atoms with van der Waals surface area (Å²) in [5.41, 5.74) is 2.64. The number of carbonyl (C=O) groups excluding carboxylic acids is 2. The van der Waals surface area contributed by atoms with Gasteiger partial charge in [-0.1, -0.05) is 41.4 Å². The summed E-state index contributed by atoms with van der Waals surface area (Å²) in [5, 5.41) is 3.25. The van der Waals surface area contributed by atoms with Crippen LogP contribution in [-0.2, 0) is 4.79 Å². The largest absolute Gasteiger partial charge is 0.484 e. The van der Waals surface area contributed by atoms with Crippen LogP contribution in [0.3, 0.4) is 0 Å². The number of hydrogen-bond donors (Lipinski definition) is 0. The molecule has 6 nitrogen and oxygen atoms in total. The van der Waals surface area contributed by atoms with Gasteiger partial charge in [0.1, 0.15) is 16.5 Å². The first kappa shape index (κ1) is 21.3. The van der Waals surface area contributed by atoms with Gasteiger partial charge < -0.3 is 14.5 Å². The summed E-state index contributed by atoms with van der Waals surface area (Å²) in [6.07, 6.45) is 0.